The molecule has 0 spiro atoms. The molecule has 0 unspecified atom stereocenters. The highest BCUT2D eigenvalue weighted by atomic mass is 32.1. The van der Waals surface area contributed by atoms with Gasteiger partial charge in [-0.1, -0.05) is 12.1 Å². The van der Waals surface area contributed by atoms with Crippen molar-refractivity contribution < 1.29 is 14.8 Å². The molecule has 4 rings (SSSR count). The number of hydrogen-bond donors (Lipinski definition) is 1. The van der Waals surface area contributed by atoms with Gasteiger partial charge in [0.15, 0.2) is 5.76 Å². The van der Waals surface area contributed by atoms with Gasteiger partial charge in [0.05, 0.1) is 20.5 Å². The van der Waals surface area contributed by atoms with Crippen LogP contribution in [0.4, 0.5) is 5.69 Å². The summed E-state index contributed by atoms with van der Waals surface area (Å²) in [7, 11) is 0. The molecule has 2 aromatic carbocycles. The van der Waals surface area contributed by atoms with E-state index in [9.17, 15) is 20.5 Å². The molecule has 0 aliphatic heterocycles. The number of hydrogen-bond acceptors (Lipinski definition) is 8. The summed E-state index contributed by atoms with van der Waals surface area (Å²) in [4.78, 5) is 19.2. The lowest BCUT2D eigenvalue weighted by Crippen LogP contribution is -2.04. The molecule has 142 valence electrons. The van der Waals surface area contributed by atoms with Gasteiger partial charge in [-0.25, -0.2) is 4.98 Å². The molecule has 0 bridgehead atoms. The van der Waals surface area contributed by atoms with Crippen LogP contribution in [-0.2, 0) is 0 Å². The number of nitro groups is 1. The van der Waals surface area contributed by atoms with E-state index in [4.69, 9.17) is 4.74 Å². The molecule has 0 aliphatic rings. The predicted octanol–water partition coefficient (Wildman–Crippen LogP) is 4.62. The van der Waals surface area contributed by atoms with E-state index >= 15 is 0 Å². The average Bonchev–Trinajstić information content (AvgIpc) is 3.16. The van der Waals surface area contributed by atoms with Gasteiger partial charge in [0.25, 0.3) is 5.69 Å². The number of nitro benzene ring substituents is 1. The maximum Gasteiger partial charge on any atom is 0.279 e. The van der Waals surface area contributed by atoms with Crippen LogP contribution in [0.5, 0.6) is 5.75 Å². The summed E-state index contributed by atoms with van der Waals surface area (Å²) in [6.45, 7) is -0.303. The highest BCUT2D eigenvalue weighted by molar-refractivity contribution is 7.19. The van der Waals surface area contributed by atoms with Crippen molar-refractivity contribution in [1.82, 2.24) is 9.97 Å². The van der Waals surface area contributed by atoms with Crippen LogP contribution >= 0.6 is 11.3 Å². The molecule has 2 aromatic heterocycles. The molecule has 2 heterocycles. The fraction of sp³-hybridized carbons (Fsp3) is 0.0500. The van der Waals surface area contributed by atoms with Gasteiger partial charge in [-0.15, -0.1) is 11.3 Å². The molecule has 4 aromatic rings. The Kier molecular flexibility index (Phi) is 4.76. The summed E-state index contributed by atoms with van der Waals surface area (Å²) in [5.74, 6) is -0.0201. The second-order valence-corrected chi connectivity index (χ2v) is 6.98. The second kappa shape index (κ2) is 7.53. The minimum atomic E-state index is -0.494. The molecule has 1 N–H and O–H groups in total. The van der Waals surface area contributed by atoms with Crippen molar-refractivity contribution in [3.8, 4) is 11.8 Å². The smallest absolute Gasteiger partial charge is 0.279 e. The maximum absolute atomic E-state index is 11.2. The van der Waals surface area contributed by atoms with E-state index in [1.54, 1.807) is 12.1 Å². The van der Waals surface area contributed by atoms with E-state index in [2.05, 4.69) is 9.97 Å². The first-order chi connectivity index (χ1) is 14.1. The monoisotopic (exact) mass is 404 g/mol. The average molecular weight is 404 g/mol. The van der Waals surface area contributed by atoms with Crippen molar-refractivity contribution in [3.05, 3.63) is 75.6 Å². The number of non-ortho nitro benzene ring substituents is 1. The van der Waals surface area contributed by atoms with Crippen LogP contribution in [0, 0.1) is 21.4 Å². The molecule has 0 fully saturated rings. The lowest BCUT2D eigenvalue weighted by molar-refractivity contribution is -0.383. The highest BCUT2D eigenvalue weighted by Gasteiger charge is 2.18. The zero-order valence-electron chi connectivity index (χ0n) is 14.8. The Labute approximate surface area is 168 Å². The Bertz CT molecular complexity index is 1290. The molecule has 0 saturated carbocycles. The number of pyridine rings is 1. The zero-order valence-corrected chi connectivity index (χ0v) is 15.6. The minimum Gasteiger partial charge on any atom is -0.507 e. The fourth-order valence-electron chi connectivity index (χ4n) is 2.84. The van der Waals surface area contributed by atoms with E-state index in [1.165, 1.54) is 29.7 Å². The quantitative estimate of drug-likeness (QED) is 0.223. The van der Waals surface area contributed by atoms with Crippen LogP contribution in [0.15, 0.2) is 60.5 Å². The van der Waals surface area contributed by atoms with Gasteiger partial charge in [0.2, 0.25) is 0 Å². The summed E-state index contributed by atoms with van der Waals surface area (Å²) in [6, 6.07) is 15.3. The first kappa shape index (κ1) is 18.3. The molecule has 0 saturated heterocycles. The number of aliphatic hydroxyl groups excluding tert-OH is 1. The highest BCUT2D eigenvalue weighted by Crippen LogP contribution is 2.32. The number of thiazole rings is 1. The fourth-order valence-corrected chi connectivity index (χ4v) is 3.82. The Morgan fingerprint density at radius 3 is 2.83 bits per heavy atom. The normalized spacial score (nSPS) is 11.8. The third kappa shape index (κ3) is 3.44. The van der Waals surface area contributed by atoms with E-state index in [1.807, 2.05) is 30.3 Å². The molecule has 9 heteroatoms. The van der Waals surface area contributed by atoms with Crippen molar-refractivity contribution in [1.29, 1.82) is 5.26 Å². The SMILES string of the molecule is N#C/C(=C(/O)COc1ccc([N+](=O)[O-])c2cccnc12)c1nc2ccccc2s1. The lowest BCUT2D eigenvalue weighted by atomic mass is 10.1. The number of nitrogens with zero attached hydrogens (tertiary/aromatic N) is 4. The number of aliphatic hydroxyl groups is 1. The summed E-state index contributed by atoms with van der Waals surface area (Å²) in [6.07, 6.45) is 1.50. The third-order valence-corrected chi connectivity index (χ3v) is 5.23. The number of fused-ring (bicyclic) bond motifs is 2. The number of aromatic nitrogens is 2. The Morgan fingerprint density at radius 1 is 1.24 bits per heavy atom. The molecule has 0 amide bonds. The maximum atomic E-state index is 11.2. The van der Waals surface area contributed by atoms with Crippen molar-refractivity contribution in [2.75, 3.05) is 6.61 Å². The second-order valence-electron chi connectivity index (χ2n) is 5.95. The van der Waals surface area contributed by atoms with Crippen LogP contribution in [-0.4, -0.2) is 26.6 Å². The van der Waals surface area contributed by atoms with Gasteiger partial charge < -0.3 is 9.84 Å². The van der Waals surface area contributed by atoms with E-state index in [-0.39, 0.29) is 29.4 Å². The number of allylic oxidation sites excluding steroid dienone is 1. The zero-order chi connectivity index (χ0) is 20.4. The predicted molar refractivity (Wildman–Crippen MR) is 109 cm³/mol. The molecule has 0 radical (unpaired) electrons. The summed E-state index contributed by atoms with van der Waals surface area (Å²) in [5, 5.41) is 31.8. The number of benzene rings is 2. The Hall–Kier alpha value is -4.03. The van der Waals surface area contributed by atoms with Crippen molar-refractivity contribution in [2.24, 2.45) is 0 Å². The van der Waals surface area contributed by atoms with Gasteiger partial charge >= 0.3 is 0 Å². The van der Waals surface area contributed by atoms with Gasteiger partial charge in [-0.05, 0) is 30.3 Å². The number of para-hydroxylation sites is 1. The van der Waals surface area contributed by atoms with Crippen LogP contribution in [0.1, 0.15) is 5.01 Å². The summed E-state index contributed by atoms with van der Waals surface area (Å²) >= 11 is 1.29. The Balaban J connectivity index is 1.66. The van der Waals surface area contributed by atoms with Gasteiger partial charge in [0, 0.05) is 12.3 Å². The lowest BCUT2D eigenvalue weighted by Gasteiger charge is -2.09. The van der Waals surface area contributed by atoms with Crippen LogP contribution < -0.4 is 4.74 Å². The minimum absolute atomic E-state index is 0.0189. The van der Waals surface area contributed by atoms with Crippen molar-refractivity contribution >= 4 is 43.7 Å². The van der Waals surface area contributed by atoms with Gasteiger partial charge in [-0.3, -0.25) is 15.1 Å². The van der Waals surface area contributed by atoms with Crippen molar-refractivity contribution in [2.45, 2.75) is 0 Å². The summed E-state index contributed by atoms with van der Waals surface area (Å²) < 4.78 is 6.52. The first-order valence-electron chi connectivity index (χ1n) is 8.41. The van der Waals surface area contributed by atoms with Crippen molar-refractivity contribution in [3.63, 3.8) is 0 Å². The van der Waals surface area contributed by atoms with Crippen LogP contribution in [0.2, 0.25) is 0 Å². The van der Waals surface area contributed by atoms with E-state index in [0.29, 0.717) is 15.9 Å². The molecule has 29 heavy (non-hydrogen) atoms. The van der Waals surface area contributed by atoms with E-state index in [0.717, 1.165) is 10.2 Å². The number of ether oxygens (including phenoxy) is 1. The molecular formula is C20H12N4O4S. The topological polar surface area (TPSA) is 122 Å². The molecule has 0 atom stereocenters. The van der Waals surface area contributed by atoms with Gasteiger partial charge in [-0.2, -0.15) is 5.26 Å². The van der Waals surface area contributed by atoms with Gasteiger partial charge in [0.1, 0.15) is 34.5 Å². The summed E-state index contributed by atoms with van der Waals surface area (Å²) in [5.41, 5.74) is 0.963. The standard InChI is InChI=1S/C20H12N4O4S/c21-10-13(20-23-14-5-1-2-6-18(14)29-20)16(25)11-28-17-8-7-15(24(26)27)12-4-3-9-22-19(12)17/h1-9,25H,11H2/b16-13-. The molecule has 8 nitrogen and oxygen atoms in total. The molecule has 0 aliphatic carbocycles. The number of nitriles is 1. The first-order valence-corrected chi connectivity index (χ1v) is 9.23. The largest absolute Gasteiger partial charge is 0.507 e. The Morgan fingerprint density at radius 2 is 2.07 bits per heavy atom. The van der Waals surface area contributed by atoms with Crippen LogP contribution in [0.25, 0.3) is 26.7 Å². The number of rotatable bonds is 5. The third-order valence-electron chi connectivity index (χ3n) is 4.18. The molecular weight excluding hydrogens is 392 g/mol. The van der Waals surface area contributed by atoms with E-state index < -0.39 is 4.92 Å². The van der Waals surface area contributed by atoms with Crippen LogP contribution in [0.3, 0.4) is 0 Å².